The molecule has 0 radical (unpaired) electrons. The van der Waals surface area contributed by atoms with Crippen molar-refractivity contribution < 1.29 is 18.3 Å². The van der Waals surface area contributed by atoms with E-state index in [0.29, 0.717) is 12.2 Å². The first-order valence-electron chi connectivity index (χ1n) is 8.47. The molecule has 1 heterocycles. The van der Waals surface area contributed by atoms with Crippen LogP contribution in [0.5, 0.6) is 0 Å². The van der Waals surface area contributed by atoms with Crippen LogP contribution in [-0.2, 0) is 12.6 Å². The summed E-state index contributed by atoms with van der Waals surface area (Å²) in [4.78, 5) is 1.36. The van der Waals surface area contributed by atoms with Gasteiger partial charge >= 0.3 is 6.18 Å². The second-order valence-corrected chi connectivity index (χ2v) is 6.44. The number of hydrogen-bond acceptors (Lipinski definition) is 4. The van der Waals surface area contributed by atoms with Crippen LogP contribution in [0.2, 0.25) is 0 Å². The Labute approximate surface area is 154 Å². The molecule has 8 heteroatoms. The van der Waals surface area contributed by atoms with Crippen molar-refractivity contribution in [1.29, 1.82) is 0 Å². The Morgan fingerprint density at radius 1 is 1.04 bits per heavy atom. The molecular formula is C19H19F3N4O. The maximum atomic E-state index is 12.7. The Morgan fingerprint density at radius 3 is 2.33 bits per heavy atom. The monoisotopic (exact) mass is 376 g/mol. The summed E-state index contributed by atoms with van der Waals surface area (Å²) in [7, 11) is 0. The lowest BCUT2D eigenvalue weighted by atomic mass is 9.98. The summed E-state index contributed by atoms with van der Waals surface area (Å²) < 4.78 is 38.1. The van der Waals surface area contributed by atoms with Gasteiger partial charge < -0.3 is 5.11 Å². The minimum atomic E-state index is -4.35. The van der Waals surface area contributed by atoms with Crippen LogP contribution in [0.4, 0.5) is 13.2 Å². The van der Waals surface area contributed by atoms with Crippen molar-refractivity contribution in [3.05, 3.63) is 65.2 Å². The normalized spacial score (nSPS) is 14.1. The Kier molecular flexibility index (Phi) is 5.27. The highest BCUT2D eigenvalue weighted by molar-refractivity contribution is 5.60. The molecule has 0 unspecified atom stereocenters. The smallest absolute Gasteiger partial charge is 0.391 e. The van der Waals surface area contributed by atoms with Crippen molar-refractivity contribution in [2.45, 2.75) is 38.6 Å². The van der Waals surface area contributed by atoms with Crippen molar-refractivity contribution in [1.82, 2.24) is 20.2 Å². The van der Waals surface area contributed by atoms with Gasteiger partial charge in [0, 0.05) is 5.56 Å². The molecule has 1 aromatic heterocycles. The fourth-order valence-electron chi connectivity index (χ4n) is 2.62. The van der Waals surface area contributed by atoms with E-state index in [4.69, 9.17) is 0 Å². The quantitative estimate of drug-likeness (QED) is 0.734. The number of nitrogens with zero attached hydrogens (tertiary/aromatic N) is 4. The highest BCUT2D eigenvalue weighted by atomic mass is 19.4. The largest absolute Gasteiger partial charge is 0.416 e. The molecule has 1 N–H and O–H groups in total. The SMILES string of the molecule is C[C@H](O)[C@H](C)n1nnc(-c2ccccc2Cc2ccc(C(F)(F)F)cc2)n1. The van der Waals surface area contributed by atoms with Crippen molar-refractivity contribution in [3.8, 4) is 11.4 Å². The summed E-state index contributed by atoms with van der Waals surface area (Å²) in [6, 6.07) is 12.2. The Bertz CT molecular complexity index is 904. The number of aliphatic hydroxyl groups excluding tert-OH is 1. The Hall–Kier alpha value is -2.74. The molecule has 3 rings (SSSR count). The third kappa shape index (κ3) is 4.33. The van der Waals surface area contributed by atoms with Crippen molar-refractivity contribution in [3.63, 3.8) is 0 Å². The fraction of sp³-hybridized carbons (Fsp3) is 0.316. The molecule has 142 valence electrons. The van der Waals surface area contributed by atoms with E-state index < -0.39 is 17.8 Å². The minimum absolute atomic E-state index is 0.326. The molecule has 27 heavy (non-hydrogen) atoms. The van der Waals surface area contributed by atoms with Gasteiger partial charge in [0.2, 0.25) is 5.82 Å². The molecule has 0 aliphatic carbocycles. The van der Waals surface area contributed by atoms with Crippen LogP contribution < -0.4 is 0 Å². The van der Waals surface area contributed by atoms with Crippen LogP contribution in [0.25, 0.3) is 11.4 Å². The first-order valence-corrected chi connectivity index (χ1v) is 8.47. The number of halogens is 3. The standard InChI is InChI=1S/C19H19F3N4O/c1-12(13(2)27)26-24-18(23-25-26)17-6-4-3-5-15(17)11-14-7-9-16(10-8-14)19(20,21)22/h3-10,12-13,27H,11H2,1-2H3/t12-,13-/m0/s1. The predicted octanol–water partition coefficient (Wildman–Crippen LogP) is 3.89. The molecule has 0 bridgehead atoms. The molecule has 2 aromatic carbocycles. The predicted molar refractivity (Wildman–Crippen MR) is 93.9 cm³/mol. The van der Waals surface area contributed by atoms with Crippen LogP contribution in [0, 0.1) is 0 Å². The van der Waals surface area contributed by atoms with Gasteiger partial charge in [-0.3, -0.25) is 0 Å². The van der Waals surface area contributed by atoms with E-state index in [-0.39, 0.29) is 6.04 Å². The summed E-state index contributed by atoms with van der Waals surface area (Å²) in [6.07, 6.45) is -4.54. The maximum Gasteiger partial charge on any atom is 0.416 e. The van der Waals surface area contributed by atoms with Crippen molar-refractivity contribution in [2.75, 3.05) is 0 Å². The molecule has 0 spiro atoms. The minimum Gasteiger partial charge on any atom is -0.391 e. The van der Waals surface area contributed by atoms with Gasteiger partial charge in [-0.1, -0.05) is 36.4 Å². The third-order valence-electron chi connectivity index (χ3n) is 4.42. The molecule has 3 aromatic rings. The molecule has 0 saturated carbocycles. The number of benzene rings is 2. The van der Waals surface area contributed by atoms with E-state index in [2.05, 4.69) is 15.4 Å². The highest BCUT2D eigenvalue weighted by Gasteiger charge is 2.30. The lowest BCUT2D eigenvalue weighted by Crippen LogP contribution is -2.20. The zero-order chi connectivity index (χ0) is 19.6. The average Bonchev–Trinajstić information content (AvgIpc) is 3.11. The van der Waals surface area contributed by atoms with E-state index >= 15 is 0 Å². The van der Waals surface area contributed by atoms with Gasteiger partial charge in [-0.05, 0) is 48.7 Å². The van der Waals surface area contributed by atoms with Gasteiger partial charge in [0.05, 0.1) is 17.7 Å². The highest BCUT2D eigenvalue weighted by Crippen LogP contribution is 2.30. The number of tetrazole rings is 1. The van der Waals surface area contributed by atoms with Gasteiger partial charge in [0.25, 0.3) is 0 Å². The van der Waals surface area contributed by atoms with E-state index in [0.717, 1.165) is 28.8 Å². The molecule has 0 saturated heterocycles. The van der Waals surface area contributed by atoms with E-state index in [1.807, 2.05) is 24.3 Å². The van der Waals surface area contributed by atoms with Gasteiger partial charge in [-0.25, -0.2) is 0 Å². The van der Waals surface area contributed by atoms with Crippen LogP contribution in [0.3, 0.4) is 0 Å². The third-order valence-corrected chi connectivity index (χ3v) is 4.42. The summed E-state index contributed by atoms with van der Waals surface area (Å²) >= 11 is 0. The first kappa shape index (κ1) is 19.0. The molecule has 0 fully saturated rings. The maximum absolute atomic E-state index is 12.7. The summed E-state index contributed by atoms with van der Waals surface area (Å²) in [5.74, 6) is 0.407. The summed E-state index contributed by atoms with van der Waals surface area (Å²) in [5, 5.41) is 22.1. The van der Waals surface area contributed by atoms with Gasteiger partial charge in [-0.15, -0.1) is 10.2 Å². The van der Waals surface area contributed by atoms with Crippen LogP contribution >= 0.6 is 0 Å². The Balaban J connectivity index is 1.87. The number of aliphatic hydroxyl groups is 1. The van der Waals surface area contributed by atoms with Crippen LogP contribution in [-0.4, -0.2) is 31.4 Å². The van der Waals surface area contributed by atoms with Crippen molar-refractivity contribution >= 4 is 0 Å². The fourth-order valence-corrected chi connectivity index (χ4v) is 2.62. The van der Waals surface area contributed by atoms with Gasteiger partial charge in [0.1, 0.15) is 0 Å². The molecular weight excluding hydrogens is 357 g/mol. The lowest BCUT2D eigenvalue weighted by molar-refractivity contribution is -0.137. The van der Waals surface area contributed by atoms with Gasteiger partial charge in [0.15, 0.2) is 0 Å². The zero-order valence-corrected chi connectivity index (χ0v) is 14.9. The summed E-state index contributed by atoms with van der Waals surface area (Å²) in [5.41, 5.74) is 1.71. The van der Waals surface area contributed by atoms with Crippen LogP contribution in [0.1, 0.15) is 36.6 Å². The second kappa shape index (κ2) is 7.48. The number of alkyl halides is 3. The molecule has 0 aliphatic rings. The number of rotatable bonds is 5. The molecule has 2 atom stereocenters. The number of hydrogen-bond donors (Lipinski definition) is 1. The summed E-state index contributed by atoms with van der Waals surface area (Å²) in [6.45, 7) is 3.43. The zero-order valence-electron chi connectivity index (χ0n) is 14.9. The van der Waals surface area contributed by atoms with E-state index in [9.17, 15) is 18.3 Å². The number of aromatic nitrogens is 4. The average molecular weight is 376 g/mol. The van der Waals surface area contributed by atoms with Crippen LogP contribution in [0.15, 0.2) is 48.5 Å². The molecule has 5 nitrogen and oxygen atoms in total. The Morgan fingerprint density at radius 2 is 1.70 bits per heavy atom. The second-order valence-electron chi connectivity index (χ2n) is 6.44. The van der Waals surface area contributed by atoms with E-state index in [1.165, 1.54) is 16.9 Å². The van der Waals surface area contributed by atoms with Crippen molar-refractivity contribution in [2.24, 2.45) is 0 Å². The molecule has 0 aliphatic heterocycles. The van der Waals surface area contributed by atoms with Gasteiger partial charge in [-0.2, -0.15) is 18.0 Å². The topological polar surface area (TPSA) is 63.8 Å². The molecule has 0 amide bonds. The lowest BCUT2D eigenvalue weighted by Gasteiger charge is -2.12. The first-order chi connectivity index (χ1) is 12.8. The van der Waals surface area contributed by atoms with E-state index in [1.54, 1.807) is 13.8 Å².